The van der Waals surface area contributed by atoms with Crippen molar-refractivity contribution in [3.8, 4) is 0 Å². The van der Waals surface area contributed by atoms with Crippen LogP contribution < -0.4 is 0 Å². The van der Waals surface area contributed by atoms with Crippen LogP contribution in [0.4, 0.5) is 0 Å². The van der Waals surface area contributed by atoms with Crippen LogP contribution in [0.1, 0.15) is 98.8 Å². The summed E-state index contributed by atoms with van der Waals surface area (Å²) < 4.78 is 0. The van der Waals surface area contributed by atoms with Gasteiger partial charge in [0.15, 0.2) is 0 Å². The third-order valence-corrected chi connectivity index (χ3v) is 11.0. The molecule has 0 heterocycles. The lowest BCUT2D eigenvalue weighted by molar-refractivity contribution is -0.282. The van der Waals surface area contributed by atoms with Gasteiger partial charge >= 0.3 is 0 Å². The number of hydrogen-bond donors (Lipinski definition) is 4. The first kappa shape index (κ1) is 24.0. The molecule has 4 saturated carbocycles. The van der Waals surface area contributed by atoms with Crippen LogP contribution in [0.25, 0.3) is 0 Å². The summed E-state index contributed by atoms with van der Waals surface area (Å²) >= 11 is 0. The molecule has 11 atom stereocenters. The molecule has 0 spiro atoms. The van der Waals surface area contributed by atoms with Crippen molar-refractivity contribution in [3.63, 3.8) is 0 Å². The normalized spacial score (nSPS) is 53.0. The Labute approximate surface area is 189 Å². The second-order valence-electron chi connectivity index (χ2n) is 13.0. The fourth-order valence-electron chi connectivity index (χ4n) is 9.41. The highest BCUT2D eigenvalue weighted by molar-refractivity contribution is 5.19. The Kier molecular flexibility index (Phi) is 6.38. The zero-order valence-corrected chi connectivity index (χ0v) is 20.6. The maximum Gasteiger partial charge on any atom is 0.0986 e. The average Bonchev–Trinajstić information content (AvgIpc) is 3.00. The summed E-state index contributed by atoms with van der Waals surface area (Å²) in [4.78, 5) is 0. The molecule has 0 aliphatic heterocycles. The average molecular weight is 437 g/mol. The van der Waals surface area contributed by atoms with Gasteiger partial charge in [-0.1, -0.05) is 53.9 Å². The maximum atomic E-state index is 11.6. The van der Waals surface area contributed by atoms with Crippen LogP contribution in [0.2, 0.25) is 0 Å². The number of rotatable bonds is 5. The first-order valence-corrected chi connectivity index (χ1v) is 13.2. The molecule has 0 amide bonds. The van der Waals surface area contributed by atoms with Crippen LogP contribution in [0.15, 0.2) is 0 Å². The summed E-state index contributed by atoms with van der Waals surface area (Å²) in [5.74, 6) is 2.86. The van der Waals surface area contributed by atoms with Gasteiger partial charge in [0, 0.05) is 11.8 Å². The molecule has 4 aliphatic carbocycles. The van der Waals surface area contributed by atoms with Crippen LogP contribution in [0.5, 0.6) is 0 Å². The lowest BCUT2D eigenvalue weighted by Crippen LogP contribution is -2.71. The number of aliphatic hydroxyl groups excluding tert-OH is 3. The molecule has 4 aliphatic rings. The Morgan fingerprint density at radius 3 is 2.32 bits per heavy atom. The van der Waals surface area contributed by atoms with Gasteiger partial charge in [-0.2, -0.15) is 0 Å². The largest absolute Gasteiger partial charge is 0.393 e. The van der Waals surface area contributed by atoms with Gasteiger partial charge in [0.25, 0.3) is 0 Å². The van der Waals surface area contributed by atoms with E-state index in [-0.39, 0.29) is 23.7 Å². The molecular formula is C27H48O4. The van der Waals surface area contributed by atoms with Crippen LogP contribution in [-0.2, 0) is 0 Å². The molecule has 31 heavy (non-hydrogen) atoms. The van der Waals surface area contributed by atoms with Gasteiger partial charge < -0.3 is 20.4 Å². The Hall–Kier alpha value is -0.160. The summed E-state index contributed by atoms with van der Waals surface area (Å²) in [6.45, 7) is 11.5. The summed E-state index contributed by atoms with van der Waals surface area (Å²) in [5, 5.41) is 44.6. The highest BCUT2D eigenvalue weighted by Crippen LogP contribution is 2.69. The fraction of sp³-hybridized carbons (Fsp3) is 1.00. The topological polar surface area (TPSA) is 80.9 Å². The zero-order valence-electron chi connectivity index (χ0n) is 20.6. The van der Waals surface area contributed by atoms with Crippen molar-refractivity contribution in [3.05, 3.63) is 0 Å². The fourth-order valence-corrected chi connectivity index (χ4v) is 9.41. The first-order valence-electron chi connectivity index (χ1n) is 13.2. The first-order chi connectivity index (χ1) is 14.4. The maximum absolute atomic E-state index is 11.6. The highest BCUT2D eigenvalue weighted by Gasteiger charge is 2.69. The molecule has 4 fully saturated rings. The van der Waals surface area contributed by atoms with Crippen molar-refractivity contribution in [1.29, 1.82) is 0 Å². The number of aliphatic hydroxyl groups is 4. The molecule has 4 N–H and O–H groups in total. The predicted octanol–water partition coefficient (Wildman–Crippen LogP) is 4.53. The lowest BCUT2D eigenvalue weighted by atomic mass is 9.41. The van der Waals surface area contributed by atoms with Crippen molar-refractivity contribution in [1.82, 2.24) is 0 Å². The van der Waals surface area contributed by atoms with E-state index in [1.165, 1.54) is 32.1 Å². The third kappa shape index (κ3) is 3.63. The highest BCUT2D eigenvalue weighted by atomic mass is 16.3. The van der Waals surface area contributed by atoms with Crippen LogP contribution >= 0.6 is 0 Å². The van der Waals surface area contributed by atoms with Gasteiger partial charge in [-0.05, 0) is 79.4 Å². The van der Waals surface area contributed by atoms with E-state index < -0.39 is 29.3 Å². The summed E-state index contributed by atoms with van der Waals surface area (Å²) in [5.41, 5.74) is -1.70. The molecule has 4 heteroatoms. The minimum absolute atomic E-state index is 0.0153. The predicted molar refractivity (Wildman–Crippen MR) is 123 cm³/mol. The van der Waals surface area contributed by atoms with E-state index in [4.69, 9.17) is 0 Å². The molecule has 4 rings (SSSR count). The van der Waals surface area contributed by atoms with E-state index in [9.17, 15) is 20.4 Å². The monoisotopic (exact) mass is 436 g/mol. The SMILES string of the molecule is CC(C)CCC[C@@H](C)[C@H]1CC[C@H]2[C@@H]3CC(O)C4(O)CC(O)CC[C@]4(C)[C@H]3C(O)C[C@]12C. The van der Waals surface area contributed by atoms with Crippen molar-refractivity contribution >= 4 is 0 Å². The zero-order chi connectivity index (χ0) is 22.8. The standard InChI is InChI=1S/C27H48O4/c1-16(2)7-6-8-17(3)20-9-10-21-19-13-23(30)27(31)14-18(28)11-12-26(27,5)24(19)22(29)15-25(20,21)4/h16-24,28-31H,6-15H2,1-5H3/t17-,18?,19+,20-,21+,22?,23?,24-,25-,26-,27?/m1/s1. The Morgan fingerprint density at radius 2 is 1.65 bits per heavy atom. The van der Waals surface area contributed by atoms with Gasteiger partial charge in [0.2, 0.25) is 0 Å². The molecule has 180 valence electrons. The summed E-state index contributed by atoms with van der Waals surface area (Å²) in [7, 11) is 0. The summed E-state index contributed by atoms with van der Waals surface area (Å²) in [6.07, 6.45) is 7.41. The molecular weight excluding hydrogens is 388 g/mol. The number of fused-ring (bicyclic) bond motifs is 5. The van der Waals surface area contributed by atoms with E-state index in [1.54, 1.807) is 0 Å². The van der Waals surface area contributed by atoms with E-state index in [0.717, 1.165) is 12.3 Å². The van der Waals surface area contributed by atoms with Gasteiger partial charge in [0.1, 0.15) is 0 Å². The van der Waals surface area contributed by atoms with Gasteiger partial charge in [-0.3, -0.25) is 0 Å². The molecule has 0 aromatic carbocycles. The molecule has 0 aromatic heterocycles. The molecule has 4 nitrogen and oxygen atoms in total. The quantitative estimate of drug-likeness (QED) is 0.511. The molecule has 0 radical (unpaired) electrons. The van der Waals surface area contributed by atoms with Crippen molar-refractivity contribution in [2.45, 2.75) is 123 Å². The van der Waals surface area contributed by atoms with Crippen molar-refractivity contribution in [2.75, 3.05) is 0 Å². The molecule has 0 bridgehead atoms. The molecule has 0 saturated heterocycles. The third-order valence-electron chi connectivity index (χ3n) is 11.0. The number of hydrogen-bond acceptors (Lipinski definition) is 4. The minimum Gasteiger partial charge on any atom is -0.393 e. The van der Waals surface area contributed by atoms with Gasteiger partial charge in [0.05, 0.1) is 23.9 Å². The Balaban J connectivity index is 1.58. The molecule has 4 unspecified atom stereocenters. The smallest absolute Gasteiger partial charge is 0.0986 e. The van der Waals surface area contributed by atoms with E-state index in [0.29, 0.717) is 37.0 Å². The second kappa shape index (κ2) is 8.25. The Bertz CT molecular complexity index is 651. The van der Waals surface area contributed by atoms with Gasteiger partial charge in [-0.25, -0.2) is 0 Å². The van der Waals surface area contributed by atoms with Crippen LogP contribution in [0.3, 0.4) is 0 Å². The van der Waals surface area contributed by atoms with Crippen LogP contribution in [-0.4, -0.2) is 44.3 Å². The van der Waals surface area contributed by atoms with E-state index in [2.05, 4.69) is 34.6 Å². The summed E-state index contributed by atoms with van der Waals surface area (Å²) in [6, 6.07) is 0. The van der Waals surface area contributed by atoms with Crippen molar-refractivity contribution < 1.29 is 20.4 Å². The van der Waals surface area contributed by atoms with E-state index in [1.807, 2.05) is 0 Å². The minimum atomic E-state index is -1.29. The molecule has 0 aromatic rings. The second-order valence-corrected chi connectivity index (χ2v) is 13.0. The van der Waals surface area contributed by atoms with Crippen molar-refractivity contribution in [2.24, 2.45) is 46.3 Å². The van der Waals surface area contributed by atoms with Gasteiger partial charge in [-0.15, -0.1) is 0 Å². The lowest BCUT2D eigenvalue weighted by Gasteiger charge is -2.66. The van der Waals surface area contributed by atoms with E-state index >= 15 is 0 Å². The Morgan fingerprint density at radius 1 is 0.935 bits per heavy atom. The van der Waals surface area contributed by atoms with Crippen LogP contribution in [0, 0.1) is 46.3 Å².